The molecule has 2 heterocycles. The quantitative estimate of drug-likeness (QED) is 0.744. The summed E-state index contributed by atoms with van der Waals surface area (Å²) in [6.07, 6.45) is 4.57. The fourth-order valence-corrected chi connectivity index (χ4v) is 1.63. The van der Waals surface area contributed by atoms with Gasteiger partial charge in [-0.25, -0.2) is 0 Å². The van der Waals surface area contributed by atoms with Crippen molar-refractivity contribution in [3.8, 4) is 0 Å². The van der Waals surface area contributed by atoms with E-state index < -0.39 is 0 Å². The molecule has 0 radical (unpaired) electrons. The number of piperidine rings is 1. The molecule has 1 atom stereocenters. The van der Waals surface area contributed by atoms with Crippen LogP contribution in [0.5, 0.6) is 0 Å². The molecule has 1 saturated heterocycles. The predicted molar refractivity (Wildman–Crippen MR) is 51.7 cm³/mol. The summed E-state index contributed by atoms with van der Waals surface area (Å²) >= 11 is 0. The summed E-state index contributed by atoms with van der Waals surface area (Å²) in [7, 11) is 1.86. The lowest BCUT2D eigenvalue weighted by molar-refractivity contribution is 0.0236. The lowest BCUT2D eigenvalue weighted by Crippen LogP contribution is -2.35. The van der Waals surface area contributed by atoms with Crippen LogP contribution in [0.1, 0.15) is 18.5 Å². The molecular formula is C9H16N4O. The van der Waals surface area contributed by atoms with Gasteiger partial charge in [-0.3, -0.25) is 4.68 Å². The van der Waals surface area contributed by atoms with E-state index >= 15 is 0 Å². The zero-order valence-corrected chi connectivity index (χ0v) is 8.44. The van der Waals surface area contributed by atoms with Crippen molar-refractivity contribution in [2.75, 3.05) is 13.1 Å². The Kier molecular flexibility index (Phi) is 3.10. The van der Waals surface area contributed by atoms with E-state index in [9.17, 15) is 0 Å². The molecule has 78 valence electrons. The maximum Gasteiger partial charge on any atom is 0.108 e. The largest absolute Gasteiger partial charge is 0.370 e. The molecule has 5 nitrogen and oxygen atoms in total. The number of aromatic nitrogens is 3. The highest BCUT2D eigenvalue weighted by atomic mass is 16.5. The van der Waals surface area contributed by atoms with Crippen LogP contribution in [-0.4, -0.2) is 34.2 Å². The van der Waals surface area contributed by atoms with Gasteiger partial charge in [0.05, 0.1) is 18.9 Å². The van der Waals surface area contributed by atoms with Gasteiger partial charge >= 0.3 is 0 Å². The van der Waals surface area contributed by atoms with Gasteiger partial charge in [-0.05, 0) is 19.4 Å². The van der Waals surface area contributed by atoms with Gasteiger partial charge < -0.3 is 10.1 Å². The number of ether oxygens (including phenoxy) is 1. The summed E-state index contributed by atoms with van der Waals surface area (Å²) in [5.41, 5.74) is 0.901. The summed E-state index contributed by atoms with van der Waals surface area (Å²) < 4.78 is 7.40. The van der Waals surface area contributed by atoms with Crippen molar-refractivity contribution in [1.82, 2.24) is 20.3 Å². The molecule has 1 aliphatic rings. The van der Waals surface area contributed by atoms with Crippen LogP contribution in [0, 0.1) is 0 Å². The Hall–Kier alpha value is -0.940. The third-order valence-electron chi connectivity index (χ3n) is 2.37. The van der Waals surface area contributed by atoms with Crippen LogP contribution in [0.4, 0.5) is 0 Å². The number of rotatable bonds is 3. The van der Waals surface area contributed by atoms with Crippen molar-refractivity contribution >= 4 is 0 Å². The maximum atomic E-state index is 5.70. The van der Waals surface area contributed by atoms with Gasteiger partial charge in [0.25, 0.3) is 0 Å². The van der Waals surface area contributed by atoms with Gasteiger partial charge in [0.15, 0.2) is 0 Å². The molecule has 0 saturated carbocycles. The Morgan fingerprint density at radius 3 is 3.29 bits per heavy atom. The van der Waals surface area contributed by atoms with E-state index in [0.717, 1.165) is 25.2 Å². The van der Waals surface area contributed by atoms with Crippen LogP contribution >= 0.6 is 0 Å². The number of nitrogens with zero attached hydrogens (tertiary/aromatic N) is 3. The van der Waals surface area contributed by atoms with E-state index in [1.54, 1.807) is 4.68 Å². The van der Waals surface area contributed by atoms with Crippen LogP contribution in [0.2, 0.25) is 0 Å². The van der Waals surface area contributed by atoms with Crippen molar-refractivity contribution in [2.45, 2.75) is 25.6 Å². The molecule has 14 heavy (non-hydrogen) atoms. The number of aryl methyl sites for hydroxylation is 1. The maximum absolute atomic E-state index is 5.70. The molecule has 1 aromatic rings. The highest BCUT2D eigenvalue weighted by Crippen LogP contribution is 2.08. The Bertz CT molecular complexity index is 280. The monoisotopic (exact) mass is 196 g/mol. The molecule has 0 unspecified atom stereocenters. The third kappa shape index (κ3) is 2.52. The van der Waals surface area contributed by atoms with Crippen molar-refractivity contribution in [2.24, 2.45) is 7.05 Å². The van der Waals surface area contributed by atoms with E-state index in [4.69, 9.17) is 4.74 Å². The van der Waals surface area contributed by atoms with Gasteiger partial charge in [-0.1, -0.05) is 5.21 Å². The van der Waals surface area contributed by atoms with Crippen molar-refractivity contribution in [3.63, 3.8) is 0 Å². The van der Waals surface area contributed by atoms with Crippen molar-refractivity contribution < 1.29 is 4.74 Å². The molecule has 1 fully saturated rings. The number of nitrogens with one attached hydrogen (secondary N) is 1. The summed E-state index contributed by atoms with van der Waals surface area (Å²) in [6, 6.07) is 0. The minimum absolute atomic E-state index is 0.339. The zero-order valence-electron chi connectivity index (χ0n) is 8.44. The second-order valence-corrected chi connectivity index (χ2v) is 3.66. The lowest BCUT2D eigenvalue weighted by atomic mass is 10.1. The molecule has 1 aromatic heterocycles. The fourth-order valence-electron chi connectivity index (χ4n) is 1.63. The van der Waals surface area contributed by atoms with Gasteiger partial charge in [-0.2, -0.15) is 0 Å². The Balaban J connectivity index is 1.76. The fraction of sp³-hybridized carbons (Fsp3) is 0.778. The molecule has 0 aromatic carbocycles. The lowest BCUT2D eigenvalue weighted by Gasteiger charge is -2.22. The molecular weight excluding hydrogens is 180 g/mol. The second-order valence-electron chi connectivity index (χ2n) is 3.66. The second kappa shape index (κ2) is 4.52. The van der Waals surface area contributed by atoms with E-state index in [2.05, 4.69) is 15.6 Å². The highest BCUT2D eigenvalue weighted by Gasteiger charge is 2.13. The zero-order chi connectivity index (χ0) is 9.80. The highest BCUT2D eigenvalue weighted by molar-refractivity contribution is 4.89. The molecule has 5 heteroatoms. The van der Waals surface area contributed by atoms with Crippen molar-refractivity contribution in [1.29, 1.82) is 0 Å². The molecule has 1 aliphatic heterocycles. The topological polar surface area (TPSA) is 52.0 Å². The Labute approximate surface area is 83.4 Å². The van der Waals surface area contributed by atoms with E-state index in [0.29, 0.717) is 12.7 Å². The molecule has 0 bridgehead atoms. The average Bonchev–Trinajstić information content (AvgIpc) is 2.63. The third-order valence-corrected chi connectivity index (χ3v) is 2.37. The Morgan fingerprint density at radius 1 is 1.71 bits per heavy atom. The van der Waals surface area contributed by atoms with E-state index in [1.807, 2.05) is 13.2 Å². The first-order valence-corrected chi connectivity index (χ1v) is 5.02. The normalized spacial score (nSPS) is 22.5. The van der Waals surface area contributed by atoms with E-state index in [-0.39, 0.29) is 0 Å². The number of hydrogen-bond donors (Lipinski definition) is 1. The first kappa shape index (κ1) is 9.61. The first-order chi connectivity index (χ1) is 6.84. The molecule has 0 amide bonds. The smallest absolute Gasteiger partial charge is 0.108 e. The van der Waals surface area contributed by atoms with Gasteiger partial charge in [0.2, 0.25) is 0 Å². The van der Waals surface area contributed by atoms with Crippen LogP contribution in [0.3, 0.4) is 0 Å². The molecule has 0 aliphatic carbocycles. The summed E-state index contributed by atoms with van der Waals surface area (Å²) in [6.45, 7) is 2.64. The standard InChI is InChI=1S/C9H16N4O/c1-13-6-8(11-12-13)7-14-9-3-2-4-10-5-9/h6,9-10H,2-5,7H2,1H3/t9-/m0/s1. The van der Waals surface area contributed by atoms with Crippen LogP contribution in [0.15, 0.2) is 6.20 Å². The first-order valence-electron chi connectivity index (χ1n) is 5.02. The van der Waals surface area contributed by atoms with Crippen molar-refractivity contribution in [3.05, 3.63) is 11.9 Å². The molecule has 2 rings (SSSR count). The Morgan fingerprint density at radius 2 is 2.64 bits per heavy atom. The average molecular weight is 196 g/mol. The minimum atomic E-state index is 0.339. The predicted octanol–water partition coefficient (Wildman–Crippen LogP) is 0.0837. The minimum Gasteiger partial charge on any atom is -0.370 e. The van der Waals surface area contributed by atoms with Gasteiger partial charge in [0, 0.05) is 13.6 Å². The summed E-state index contributed by atoms with van der Waals surface area (Å²) in [5, 5.41) is 11.1. The van der Waals surface area contributed by atoms with Crippen LogP contribution in [-0.2, 0) is 18.4 Å². The van der Waals surface area contributed by atoms with Crippen LogP contribution in [0.25, 0.3) is 0 Å². The van der Waals surface area contributed by atoms with E-state index in [1.165, 1.54) is 6.42 Å². The summed E-state index contributed by atoms with van der Waals surface area (Å²) in [4.78, 5) is 0. The van der Waals surface area contributed by atoms with Gasteiger partial charge in [0.1, 0.15) is 5.69 Å². The number of hydrogen-bond acceptors (Lipinski definition) is 4. The van der Waals surface area contributed by atoms with Crippen LogP contribution < -0.4 is 5.32 Å². The van der Waals surface area contributed by atoms with Gasteiger partial charge in [-0.15, -0.1) is 5.10 Å². The molecule has 1 N–H and O–H groups in total. The summed E-state index contributed by atoms with van der Waals surface area (Å²) in [5.74, 6) is 0. The SMILES string of the molecule is Cn1cc(CO[C@H]2CCCNC2)nn1. The molecule has 0 spiro atoms.